The molecule has 0 atom stereocenters. The molecular weight excluding hydrogens is 248 g/mol. The molecule has 0 fully saturated rings. The van der Waals surface area contributed by atoms with Gasteiger partial charge in [-0.1, -0.05) is 0 Å². The van der Waals surface area contributed by atoms with Crippen molar-refractivity contribution < 1.29 is 28.2 Å². The lowest BCUT2D eigenvalue weighted by molar-refractivity contribution is -0.0518. The zero-order valence-electron chi connectivity index (χ0n) is 9.31. The Morgan fingerprint density at radius 1 is 1.56 bits per heavy atom. The van der Waals surface area contributed by atoms with Crippen LogP contribution in [0.15, 0.2) is 12.1 Å². The summed E-state index contributed by atoms with van der Waals surface area (Å²) in [6.07, 6.45) is 0. The van der Waals surface area contributed by atoms with Crippen LogP contribution < -0.4 is 4.74 Å². The lowest BCUT2D eigenvalue weighted by Crippen LogP contribution is -2.12. The summed E-state index contributed by atoms with van der Waals surface area (Å²) in [7, 11) is 0. The van der Waals surface area contributed by atoms with E-state index in [2.05, 4.69) is 9.47 Å². The molecule has 1 aromatic carbocycles. The molecule has 1 aromatic rings. The summed E-state index contributed by atoms with van der Waals surface area (Å²) in [5.41, 5.74) is -0.735. The van der Waals surface area contributed by atoms with Gasteiger partial charge in [-0.3, -0.25) is 0 Å². The van der Waals surface area contributed by atoms with E-state index in [-0.39, 0.29) is 12.2 Å². The minimum absolute atomic E-state index is 0.00647. The first-order chi connectivity index (χ1) is 8.51. The Labute approximate surface area is 101 Å². The van der Waals surface area contributed by atoms with E-state index < -0.39 is 29.6 Å². The zero-order chi connectivity index (χ0) is 13.7. The number of phenolic OH excluding ortho intramolecular Hbond substituents is 1. The molecule has 0 aliphatic rings. The minimum atomic E-state index is -3.24. The average molecular weight is 257 g/mol. The third kappa shape index (κ3) is 2.85. The molecule has 7 heteroatoms. The molecule has 0 bridgehead atoms. The second-order valence-corrected chi connectivity index (χ2v) is 3.05. The van der Waals surface area contributed by atoms with Crippen molar-refractivity contribution >= 4 is 5.97 Å². The molecule has 0 aliphatic carbocycles. The minimum Gasteiger partial charge on any atom is -0.504 e. The molecule has 0 radical (unpaired) electrons. The summed E-state index contributed by atoms with van der Waals surface area (Å²) in [5.74, 6) is -2.44. The molecule has 1 rings (SSSR count). The van der Waals surface area contributed by atoms with Gasteiger partial charge in [0, 0.05) is 0 Å². The van der Waals surface area contributed by atoms with Gasteiger partial charge in [0.1, 0.15) is 11.6 Å². The second-order valence-electron chi connectivity index (χ2n) is 3.05. The van der Waals surface area contributed by atoms with Crippen LogP contribution in [0, 0.1) is 11.3 Å². The number of esters is 1. The number of phenols is 1. The maximum Gasteiger partial charge on any atom is 0.387 e. The quantitative estimate of drug-likeness (QED) is 0.835. The van der Waals surface area contributed by atoms with Gasteiger partial charge in [0.2, 0.25) is 0 Å². The van der Waals surface area contributed by atoms with Crippen molar-refractivity contribution in [2.75, 3.05) is 6.61 Å². The largest absolute Gasteiger partial charge is 0.504 e. The maximum atomic E-state index is 12.2. The van der Waals surface area contributed by atoms with Crippen LogP contribution in [0.1, 0.15) is 22.8 Å². The smallest absolute Gasteiger partial charge is 0.387 e. The van der Waals surface area contributed by atoms with Crippen LogP contribution in [-0.4, -0.2) is 24.3 Å². The normalized spacial score (nSPS) is 9.94. The SMILES string of the molecule is CCOC(=O)c1c(C#N)ccc(O)c1OC(F)F. The van der Waals surface area contributed by atoms with Crippen LogP contribution in [0.25, 0.3) is 0 Å². The highest BCUT2D eigenvalue weighted by Crippen LogP contribution is 2.34. The van der Waals surface area contributed by atoms with Crippen molar-refractivity contribution in [1.29, 1.82) is 5.26 Å². The number of nitriles is 1. The molecule has 0 spiro atoms. The Kier molecular flexibility index (Phi) is 4.43. The first-order valence-corrected chi connectivity index (χ1v) is 4.89. The summed E-state index contributed by atoms with van der Waals surface area (Å²) < 4.78 is 33.1. The Bertz CT molecular complexity index is 497. The Morgan fingerprint density at radius 2 is 2.22 bits per heavy atom. The van der Waals surface area contributed by atoms with Crippen LogP contribution >= 0.6 is 0 Å². The van der Waals surface area contributed by atoms with Gasteiger partial charge < -0.3 is 14.6 Å². The molecular formula is C11H9F2NO4. The fourth-order valence-electron chi connectivity index (χ4n) is 1.28. The van der Waals surface area contributed by atoms with Gasteiger partial charge in [-0.15, -0.1) is 0 Å². The number of benzene rings is 1. The van der Waals surface area contributed by atoms with Gasteiger partial charge in [-0.25, -0.2) is 4.79 Å². The van der Waals surface area contributed by atoms with E-state index >= 15 is 0 Å². The van der Waals surface area contributed by atoms with Crippen molar-refractivity contribution in [3.05, 3.63) is 23.3 Å². The first-order valence-electron chi connectivity index (χ1n) is 4.89. The fraction of sp³-hybridized carbons (Fsp3) is 0.273. The highest BCUT2D eigenvalue weighted by molar-refractivity contribution is 5.96. The number of rotatable bonds is 4. The first kappa shape index (κ1) is 13.7. The van der Waals surface area contributed by atoms with Crippen LogP contribution in [-0.2, 0) is 4.74 Å². The summed E-state index contributed by atoms with van der Waals surface area (Å²) in [6, 6.07) is 3.74. The van der Waals surface area contributed by atoms with Crippen LogP contribution in [0.2, 0.25) is 0 Å². The van der Waals surface area contributed by atoms with Gasteiger partial charge in [0.15, 0.2) is 11.5 Å². The molecule has 5 nitrogen and oxygen atoms in total. The molecule has 18 heavy (non-hydrogen) atoms. The maximum absolute atomic E-state index is 12.2. The Morgan fingerprint density at radius 3 is 2.72 bits per heavy atom. The standard InChI is InChI=1S/C11H9F2NO4/c1-2-17-10(16)8-6(5-14)3-4-7(15)9(8)18-11(12)13/h3-4,11,15H,2H2,1H3. The zero-order valence-corrected chi connectivity index (χ0v) is 9.31. The number of aromatic hydroxyl groups is 1. The van der Waals surface area contributed by atoms with Crippen molar-refractivity contribution in [2.45, 2.75) is 13.5 Å². The number of hydrogen-bond donors (Lipinski definition) is 1. The third-order valence-electron chi connectivity index (χ3n) is 1.94. The lowest BCUT2D eigenvalue weighted by atomic mass is 10.1. The molecule has 1 N–H and O–H groups in total. The molecule has 0 saturated carbocycles. The number of hydrogen-bond acceptors (Lipinski definition) is 5. The number of ether oxygens (including phenoxy) is 2. The molecule has 0 amide bonds. The number of halogens is 2. The Hall–Kier alpha value is -2.36. The monoisotopic (exact) mass is 257 g/mol. The van der Waals surface area contributed by atoms with E-state index in [4.69, 9.17) is 5.26 Å². The van der Waals surface area contributed by atoms with Gasteiger partial charge >= 0.3 is 12.6 Å². The molecule has 0 aromatic heterocycles. The topological polar surface area (TPSA) is 79.6 Å². The fourth-order valence-corrected chi connectivity index (χ4v) is 1.28. The van der Waals surface area contributed by atoms with E-state index in [1.807, 2.05) is 0 Å². The molecule has 0 aliphatic heterocycles. The lowest BCUT2D eigenvalue weighted by Gasteiger charge is -2.12. The number of carbonyl (C=O) groups is 1. The number of alkyl halides is 2. The molecule has 96 valence electrons. The summed E-state index contributed by atoms with van der Waals surface area (Å²) in [4.78, 5) is 11.6. The molecule has 0 unspecified atom stereocenters. The van der Waals surface area contributed by atoms with Crippen LogP contribution in [0.3, 0.4) is 0 Å². The highest BCUT2D eigenvalue weighted by Gasteiger charge is 2.24. The average Bonchev–Trinajstić information content (AvgIpc) is 2.31. The third-order valence-corrected chi connectivity index (χ3v) is 1.94. The number of nitrogens with zero attached hydrogens (tertiary/aromatic N) is 1. The van der Waals surface area contributed by atoms with Crippen molar-refractivity contribution in [2.24, 2.45) is 0 Å². The number of carbonyl (C=O) groups excluding carboxylic acids is 1. The van der Waals surface area contributed by atoms with Gasteiger partial charge in [0.05, 0.1) is 12.2 Å². The van der Waals surface area contributed by atoms with Crippen LogP contribution in [0.5, 0.6) is 11.5 Å². The summed E-state index contributed by atoms with van der Waals surface area (Å²) in [5, 5.41) is 18.2. The van der Waals surface area contributed by atoms with Crippen LogP contribution in [0.4, 0.5) is 8.78 Å². The highest BCUT2D eigenvalue weighted by atomic mass is 19.3. The summed E-state index contributed by atoms with van der Waals surface area (Å²) in [6.45, 7) is -1.73. The van der Waals surface area contributed by atoms with E-state index in [0.717, 1.165) is 12.1 Å². The van der Waals surface area contributed by atoms with Gasteiger partial charge in [-0.2, -0.15) is 14.0 Å². The van der Waals surface area contributed by atoms with Gasteiger partial charge in [0.25, 0.3) is 0 Å². The molecule has 0 heterocycles. The van der Waals surface area contributed by atoms with E-state index in [0.29, 0.717) is 0 Å². The Balaban J connectivity index is 3.37. The molecule has 0 saturated heterocycles. The predicted molar refractivity (Wildman–Crippen MR) is 55.4 cm³/mol. The van der Waals surface area contributed by atoms with Gasteiger partial charge in [-0.05, 0) is 19.1 Å². The van der Waals surface area contributed by atoms with Crippen molar-refractivity contribution in [1.82, 2.24) is 0 Å². The second kappa shape index (κ2) is 5.82. The van der Waals surface area contributed by atoms with Crippen molar-refractivity contribution in [3.63, 3.8) is 0 Å². The van der Waals surface area contributed by atoms with E-state index in [9.17, 15) is 18.7 Å². The summed E-state index contributed by atoms with van der Waals surface area (Å²) >= 11 is 0. The predicted octanol–water partition coefficient (Wildman–Crippen LogP) is 2.04. The van der Waals surface area contributed by atoms with E-state index in [1.165, 1.54) is 6.92 Å². The van der Waals surface area contributed by atoms with E-state index in [1.54, 1.807) is 6.07 Å². The van der Waals surface area contributed by atoms with Crippen molar-refractivity contribution in [3.8, 4) is 17.6 Å².